The predicted octanol–water partition coefficient (Wildman–Crippen LogP) is 4.44. The van der Waals surface area contributed by atoms with Crippen LogP contribution in [0.2, 0.25) is 5.02 Å². The molecular formula is C16H14ClNO. The summed E-state index contributed by atoms with van der Waals surface area (Å²) >= 11 is 6.14. The minimum Gasteiger partial charge on any atom is -0.459 e. The monoisotopic (exact) mass is 271 g/mol. The fraction of sp³-hybridized carbons (Fsp3) is 0.125. The average molecular weight is 272 g/mol. The molecule has 2 aromatic carbocycles. The summed E-state index contributed by atoms with van der Waals surface area (Å²) in [4.78, 5) is 0. The summed E-state index contributed by atoms with van der Waals surface area (Å²) in [7, 11) is 0. The number of para-hydroxylation sites is 1. The van der Waals surface area contributed by atoms with E-state index >= 15 is 0 Å². The van der Waals surface area contributed by atoms with Gasteiger partial charge in [-0.15, -0.1) is 0 Å². The molecule has 0 aliphatic heterocycles. The molecule has 1 unspecified atom stereocenters. The molecule has 1 heterocycles. The molecule has 0 saturated carbocycles. The van der Waals surface area contributed by atoms with Gasteiger partial charge < -0.3 is 10.2 Å². The first kappa shape index (κ1) is 12.3. The Bertz CT molecular complexity index is 699. The first-order chi connectivity index (χ1) is 9.16. The lowest BCUT2D eigenvalue weighted by Gasteiger charge is -2.13. The van der Waals surface area contributed by atoms with E-state index in [0.29, 0.717) is 0 Å². The van der Waals surface area contributed by atoms with Gasteiger partial charge in [-0.25, -0.2) is 0 Å². The van der Waals surface area contributed by atoms with Crippen LogP contribution in [0.15, 0.2) is 52.9 Å². The topological polar surface area (TPSA) is 39.2 Å². The zero-order chi connectivity index (χ0) is 13.4. The lowest BCUT2D eigenvalue weighted by atomic mass is 10.00. The molecular weight excluding hydrogens is 258 g/mol. The molecule has 0 amide bonds. The maximum absolute atomic E-state index is 6.30. The number of halogens is 1. The Morgan fingerprint density at radius 1 is 1.11 bits per heavy atom. The van der Waals surface area contributed by atoms with Gasteiger partial charge >= 0.3 is 0 Å². The van der Waals surface area contributed by atoms with Gasteiger partial charge in [-0.2, -0.15) is 0 Å². The van der Waals surface area contributed by atoms with Crippen molar-refractivity contribution in [3.05, 3.63) is 70.4 Å². The first-order valence-electron chi connectivity index (χ1n) is 6.16. The SMILES string of the molecule is Cc1c(Cl)cccc1C(N)c1cc2ccccc2o1. The van der Waals surface area contributed by atoms with Gasteiger partial charge in [0.05, 0.1) is 6.04 Å². The molecule has 1 atom stereocenters. The number of nitrogens with two attached hydrogens (primary N) is 1. The Hall–Kier alpha value is -1.77. The highest BCUT2D eigenvalue weighted by Gasteiger charge is 2.16. The smallest absolute Gasteiger partial charge is 0.134 e. The van der Waals surface area contributed by atoms with Gasteiger partial charge in [0.1, 0.15) is 11.3 Å². The van der Waals surface area contributed by atoms with Crippen LogP contribution in [0.25, 0.3) is 11.0 Å². The van der Waals surface area contributed by atoms with Crippen LogP contribution in [0.3, 0.4) is 0 Å². The molecule has 96 valence electrons. The van der Waals surface area contributed by atoms with Crippen LogP contribution in [0, 0.1) is 6.92 Å². The zero-order valence-electron chi connectivity index (χ0n) is 10.6. The lowest BCUT2D eigenvalue weighted by molar-refractivity contribution is 0.524. The second-order valence-electron chi connectivity index (χ2n) is 4.62. The Morgan fingerprint density at radius 2 is 1.89 bits per heavy atom. The van der Waals surface area contributed by atoms with E-state index in [1.54, 1.807) is 0 Å². The van der Waals surface area contributed by atoms with Crippen molar-refractivity contribution in [3.8, 4) is 0 Å². The number of rotatable bonds is 2. The Balaban J connectivity index is 2.08. The van der Waals surface area contributed by atoms with Crippen molar-refractivity contribution in [2.45, 2.75) is 13.0 Å². The van der Waals surface area contributed by atoms with E-state index in [0.717, 1.165) is 32.9 Å². The van der Waals surface area contributed by atoms with Gasteiger partial charge in [0.25, 0.3) is 0 Å². The van der Waals surface area contributed by atoms with Crippen LogP contribution < -0.4 is 5.73 Å². The number of furan rings is 1. The third-order valence-corrected chi connectivity index (χ3v) is 3.81. The molecule has 0 fully saturated rings. The minimum absolute atomic E-state index is 0.300. The summed E-state index contributed by atoms with van der Waals surface area (Å²) in [5, 5.41) is 1.79. The molecule has 2 nitrogen and oxygen atoms in total. The van der Waals surface area contributed by atoms with E-state index in [9.17, 15) is 0 Å². The van der Waals surface area contributed by atoms with E-state index < -0.39 is 0 Å². The van der Waals surface area contributed by atoms with Crippen LogP contribution in [0.5, 0.6) is 0 Å². The Kier molecular flexibility index (Phi) is 3.05. The van der Waals surface area contributed by atoms with E-state index in [1.165, 1.54) is 0 Å². The van der Waals surface area contributed by atoms with Gasteiger partial charge in [0.15, 0.2) is 0 Å². The maximum atomic E-state index is 6.30. The molecule has 1 aromatic heterocycles. The van der Waals surface area contributed by atoms with Gasteiger partial charge in [0, 0.05) is 10.4 Å². The lowest BCUT2D eigenvalue weighted by Crippen LogP contribution is -2.12. The number of fused-ring (bicyclic) bond motifs is 1. The molecule has 3 rings (SSSR count). The standard InChI is InChI=1S/C16H14ClNO/c1-10-12(6-4-7-13(10)17)16(18)15-9-11-5-2-3-8-14(11)19-15/h2-9,16H,18H2,1H3. The van der Waals surface area contributed by atoms with Crippen LogP contribution in [-0.2, 0) is 0 Å². The van der Waals surface area contributed by atoms with Crippen molar-refractivity contribution < 1.29 is 4.42 Å². The van der Waals surface area contributed by atoms with Crippen molar-refractivity contribution in [2.75, 3.05) is 0 Å². The zero-order valence-corrected chi connectivity index (χ0v) is 11.3. The summed E-state index contributed by atoms with van der Waals surface area (Å²) in [5.41, 5.74) is 9.14. The number of hydrogen-bond donors (Lipinski definition) is 1. The largest absolute Gasteiger partial charge is 0.459 e. The van der Waals surface area contributed by atoms with Crippen molar-refractivity contribution in [3.63, 3.8) is 0 Å². The summed E-state index contributed by atoms with van der Waals surface area (Å²) in [6.45, 7) is 1.97. The molecule has 3 aromatic rings. The third kappa shape index (κ3) is 2.14. The minimum atomic E-state index is -0.300. The predicted molar refractivity (Wildman–Crippen MR) is 78.4 cm³/mol. The maximum Gasteiger partial charge on any atom is 0.134 e. The molecule has 2 N–H and O–H groups in total. The molecule has 0 saturated heterocycles. The Labute approximate surface area is 116 Å². The van der Waals surface area contributed by atoms with Crippen LogP contribution in [0.1, 0.15) is 22.9 Å². The van der Waals surface area contributed by atoms with Gasteiger partial charge in [-0.1, -0.05) is 41.9 Å². The second kappa shape index (κ2) is 4.72. The van der Waals surface area contributed by atoms with Crippen molar-refractivity contribution in [1.29, 1.82) is 0 Å². The average Bonchev–Trinajstić information content (AvgIpc) is 2.85. The fourth-order valence-corrected chi connectivity index (χ4v) is 2.45. The van der Waals surface area contributed by atoms with Crippen molar-refractivity contribution >= 4 is 22.6 Å². The molecule has 0 aliphatic rings. The number of benzene rings is 2. The molecule has 0 aliphatic carbocycles. The first-order valence-corrected chi connectivity index (χ1v) is 6.53. The Morgan fingerprint density at radius 3 is 2.68 bits per heavy atom. The van der Waals surface area contributed by atoms with Crippen molar-refractivity contribution in [2.24, 2.45) is 5.73 Å². The van der Waals surface area contributed by atoms with E-state index in [2.05, 4.69) is 0 Å². The number of hydrogen-bond acceptors (Lipinski definition) is 2. The molecule has 19 heavy (non-hydrogen) atoms. The van der Waals surface area contributed by atoms with E-state index in [4.69, 9.17) is 21.8 Å². The summed E-state index contributed by atoms with van der Waals surface area (Å²) in [6.07, 6.45) is 0. The van der Waals surface area contributed by atoms with Crippen LogP contribution >= 0.6 is 11.6 Å². The molecule has 3 heteroatoms. The third-order valence-electron chi connectivity index (χ3n) is 3.40. The van der Waals surface area contributed by atoms with E-state index in [1.807, 2.05) is 55.5 Å². The molecule has 0 bridgehead atoms. The van der Waals surface area contributed by atoms with Crippen LogP contribution in [-0.4, -0.2) is 0 Å². The summed E-state index contributed by atoms with van der Waals surface area (Å²) in [6, 6.07) is 15.3. The second-order valence-corrected chi connectivity index (χ2v) is 5.03. The van der Waals surface area contributed by atoms with Gasteiger partial charge in [-0.05, 0) is 36.2 Å². The highest BCUT2D eigenvalue weighted by Crippen LogP contribution is 2.30. The fourth-order valence-electron chi connectivity index (χ4n) is 2.27. The van der Waals surface area contributed by atoms with Crippen LogP contribution in [0.4, 0.5) is 0 Å². The molecule has 0 spiro atoms. The molecule has 0 radical (unpaired) electrons. The summed E-state index contributed by atoms with van der Waals surface area (Å²) < 4.78 is 5.81. The highest BCUT2D eigenvalue weighted by molar-refractivity contribution is 6.31. The normalized spacial score (nSPS) is 12.8. The van der Waals surface area contributed by atoms with E-state index in [-0.39, 0.29) is 6.04 Å². The van der Waals surface area contributed by atoms with Crippen molar-refractivity contribution in [1.82, 2.24) is 0 Å². The quantitative estimate of drug-likeness (QED) is 0.748. The van der Waals surface area contributed by atoms with Gasteiger partial charge in [-0.3, -0.25) is 0 Å². The van der Waals surface area contributed by atoms with Gasteiger partial charge in [0.2, 0.25) is 0 Å². The summed E-state index contributed by atoms with van der Waals surface area (Å²) in [5.74, 6) is 0.756. The highest BCUT2D eigenvalue weighted by atomic mass is 35.5.